The van der Waals surface area contributed by atoms with Gasteiger partial charge in [0.25, 0.3) is 0 Å². The Labute approximate surface area is 57.8 Å². The molecular formula is C6H7N3O. The minimum Gasteiger partial charge on any atom is -0.351 e. The number of amides is 1. The summed E-state index contributed by atoms with van der Waals surface area (Å²) in [5, 5.41) is 6.59. The molecule has 4 nitrogen and oxygen atoms in total. The number of carbonyl (C=O) groups is 1. The molecule has 1 saturated heterocycles. The van der Waals surface area contributed by atoms with Gasteiger partial charge in [-0.25, -0.2) is 0 Å². The first-order chi connectivity index (χ1) is 4.88. The highest BCUT2D eigenvalue weighted by molar-refractivity contribution is 5.85. The molecule has 0 spiro atoms. The average Bonchev–Trinajstić information content (AvgIpc) is 2.37. The Morgan fingerprint density at radius 3 is 3.10 bits per heavy atom. The van der Waals surface area contributed by atoms with Gasteiger partial charge >= 0.3 is 0 Å². The standard InChI is InChI=1S/C6H7N3O/c10-6-5(4-7-6)9-3-1-2-8-9/h1-3,5H,4H2,(H,7,10). The normalized spacial score (nSPS) is 23.6. The Hall–Kier alpha value is -1.32. The maximum absolute atomic E-state index is 10.8. The first kappa shape index (κ1) is 5.46. The lowest BCUT2D eigenvalue weighted by atomic mass is 10.2. The molecule has 0 aromatic carbocycles. The molecule has 0 bridgehead atoms. The van der Waals surface area contributed by atoms with Crippen molar-refractivity contribution in [2.24, 2.45) is 0 Å². The molecule has 1 atom stereocenters. The van der Waals surface area contributed by atoms with Gasteiger partial charge in [-0.2, -0.15) is 5.10 Å². The third-order valence-electron chi connectivity index (χ3n) is 1.62. The van der Waals surface area contributed by atoms with E-state index in [2.05, 4.69) is 10.4 Å². The van der Waals surface area contributed by atoms with Crippen molar-refractivity contribution in [2.45, 2.75) is 6.04 Å². The van der Waals surface area contributed by atoms with Crippen LogP contribution in [0.2, 0.25) is 0 Å². The number of hydrogen-bond donors (Lipinski definition) is 1. The van der Waals surface area contributed by atoms with Crippen LogP contribution in [0, 0.1) is 0 Å². The molecule has 1 fully saturated rings. The number of aromatic nitrogens is 2. The van der Waals surface area contributed by atoms with E-state index in [1.54, 1.807) is 17.1 Å². The van der Waals surface area contributed by atoms with Crippen LogP contribution < -0.4 is 5.32 Å². The van der Waals surface area contributed by atoms with E-state index in [9.17, 15) is 4.79 Å². The van der Waals surface area contributed by atoms with Crippen molar-refractivity contribution in [3.63, 3.8) is 0 Å². The summed E-state index contributed by atoms with van der Waals surface area (Å²) in [7, 11) is 0. The third-order valence-corrected chi connectivity index (χ3v) is 1.62. The van der Waals surface area contributed by atoms with Gasteiger partial charge in [0.1, 0.15) is 6.04 Å². The Balaban J connectivity index is 2.21. The molecule has 2 rings (SSSR count). The lowest BCUT2D eigenvalue weighted by Crippen LogP contribution is -2.49. The highest BCUT2D eigenvalue weighted by Gasteiger charge is 2.29. The van der Waals surface area contributed by atoms with Crippen molar-refractivity contribution in [1.29, 1.82) is 0 Å². The predicted octanol–water partition coefficient (Wildman–Crippen LogP) is -0.446. The van der Waals surface area contributed by atoms with E-state index in [-0.39, 0.29) is 11.9 Å². The van der Waals surface area contributed by atoms with E-state index in [4.69, 9.17) is 0 Å². The Kier molecular flexibility index (Phi) is 1.00. The predicted molar refractivity (Wildman–Crippen MR) is 34.3 cm³/mol. The summed E-state index contributed by atoms with van der Waals surface area (Å²) in [4.78, 5) is 10.8. The molecule has 1 aromatic rings. The van der Waals surface area contributed by atoms with Crippen LogP contribution in [-0.4, -0.2) is 22.2 Å². The van der Waals surface area contributed by atoms with Crippen molar-refractivity contribution in [3.05, 3.63) is 18.5 Å². The van der Waals surface area contributed by atoms with E-state index >= 15 is 0 Å². The van der Waals surface area contributed by atoms with Gasteiger partial charge in [-0.1, -0.05) is 0 Å². The first-order valence-corrected chi connectivity index (χ1v) is 3.15. The highest BCUT2D eigenvalue weighted by Crippen LogP contribution is 2.10. The SMILES string of the molecule is O=C1NCC1n1cccn1. The zero-order valence-electron chi connectivity index (χ0n) is 5.32. The molecule has 1 aliphatic heterocycles. The van der Waals surface area contributed by atoms with E-state index in [0.29, 0.717) is 6.54 Å². The van der Waals surface area contributed by atoms with Crippen LogP contribution in [0.3, 0.4) is 0 Å². The van der Waals surface area contributed by atoms with Crippen LogP contribution in [0.4, 0.5) is 0 Å². The van der Waals surface area contributed by atoms with Gasteiger partial charge in [0.05, 0.1) is 0 Å². The molecule has 1 aliphatic rings. The molecule has 0 aliphatic carbocycles. The summed E-state index contributed by atoms with van der Waals surface area (Å²) in [6, 6.07) is 1.75. The van der Waals surface area contributed by atoms with Crippen molar-refractivity contribution < 1.29 is 4.79 Å². The second-order valence-corrected chi connectivity index (χ2v) is 2.25. The lowest BCUT2D eigenvalue weighted by Gasteiger charge is -2.25. The number of rotatable bonds is 1. The molecule has 52 valence electrons. The lowest BCUT2D eigenvalue weighted by molar-refractivity contribution is -0.130. The summed E-state index contributed by atoms with van der Waals surface area (Å²) in [5.41, 5.74) is 0. The van der Waals surface area contributed by atoms with Gasteiger partial charge in [-0.05, 0) is 6.07 Å². The monoisotopic (exact) mass is 137 g/mol. The maximum Gasteiger partial charge on any atom is 0.246 e. The van der Waals surface area contributed by atoms with Crippen molar-refractivity contribution in [2.75, 3.05) is 6.54 Å². The Bertz CT molecular complexity index is 242. The Morgan fingerprint density at radius 2 is 2.70 bits per heavy atom. The van der Waals surface area contributed by atoms with Crippen LogP contribution in [0.15, 0.2) is 18.5 Å². The highest BCUT2D eigenvalue weighted by atomic mass is 16.2. The molecule has 0 saturated carbocycles. The summed E-state index contributed by atoms with van der Waals surface area (Å²) in [6.45, 7) is 0.709. The van der Waals surface area contributed by atoms with Gasteiger partial charge in [0.2, 0.25) is 5.91 Å². The van der Waals surface area contributed by atoms with E-state index < -0.39 is 0 Å². The van der Waals surface area contributed by atoms with Crippen LogP contribution in [0.25, 0.3) is 0 Å². The number of carbonyl (C=O) groups excluding carboxylic acids is 1. The smallest absolute Gasteiger partial charge is 0.246 e. The molecule has 2 heterocycles. The molecule has 1 amide bonds. The molecule has 1 aromatic heterocycles. The second kappa shape index (κ2) is 1.83. The summed E-state index contributed by atoms with van der Waals surface area (Å²) in [6.07, 6.45) is 3.47. The molecule has 10 heavy (non-hydrogen) atoms. The van der Waals surface area contributed by atoms with Crippen LogP contribution >= 0.6 is 0 Å². The topological polar surface area (TPSA) is 46.9 Å². The first-order valence-electron chi connectivity index (χ1n) is 3.15. The van der Waals surface area contributed by atoms with Crippen LogP contribution in [0.5, 0.6) is 0 Å². The largest absolute Gasteiger partial charge is 0.351 e. The minimum atomic E-state index is -0.0602. The van der Waals surface area contributed by atoms with Crippen molar-refractivity contribution >= 4 is 5.91 Å². The number of nitrogens with one attached hydrogen (secondary N) is 1. The van der Waals surface area contributed by atoms with E-state index in [1.165, 1.54) is 0 Å². The molecular weight excluding hydrogens is 130 g/mol. The van der Waals surface area contributed by atoms with E-state index in [1.807, 2.05) is 6.07 Å². The average molecular weight is 137 g/mol. The molecule has 1 N–H and O–H groups in total. The zero-order chi connectivity index (χ0) is 6.97. The van der Waals surface area contributed by atoms with E-state index in [0.717, 1.165) is 0 Å². The maximum atomic E-state index is 10.8. The zero-order valence-corrected chi connectivity index (χ0v) is 5.32. The fraction of sp³-hybridized carbons (Fsp3) is 0.333. The number of nitrogens with zero attached hydrogens (tertiary/aromatic N) is 2. The minimum absolute atomic E-state index is 0.0590. The van der Waals surface area contributed by atoms with Crippen molar-refractivity contribution in [1.82, 2.24) is 15.1 Å². The van der Waals surface area contributed by atoms with Crippen LogP contribution in [-0.2, 0) is 4.79 Å². The van der Waals surface area contributed by atoms with Gasteiger partial charge in [-0.15, -0.1) is 0 Å². The third kappa shape index (κ3) is 0.618. The molecule has 0 radical (unpaired) electrons. The molecule has 1 unspecified atom stereocenters. The number of β-lactam (4-membered cyclic amide) rings is 1. The second-order valence-electron chi connectivity index (χ2n) is 2.25. The Morgan fingerprint density at radius 1 is 1.80 bits per heavy atom. The summed E-state index contributed by atoms with van der Waals surface area (Å²) in [5.74, 6) is 0.0590. The van der Waals surface area contributed by atoms with Gasteiger partial charge in [-0.3, -0.25) is 9.48 Å². The summed E-state index contributed by atoms with van der Waals surface area (Å²) < 4.78 is 1.67. The van der Waals surface area contributed by atoms with Gasteiger partial charge in [0, 0.05) is 18.9 Å². The quantitative estimate of drug-likeness (QED) is 0.533. The molecule has 4 heteroatoms. The fourth-order valence-corrected chi connectivity index (χ4v) is 0.955. The van der Waals surface area contributed by atoms with Crippen molar-refractivity contribution in [3.8, 4) is 0 Å². The van der Waals surface area contributed by atoms with Gasteiger partial charge in [0.15, 0.2) is 0 Å². The summed E-state index contributed by atoms with van der Waals surface area (Å²) >= 11 is 0. The fourth-order valence-electron chi connectivity index (χ4n) is 0.955. The van der Waals surface area contributed by atoms with Crippen LogP contribution in [0.1, 0.15) is 6.04 Å². The number of hydrogen-bond acceptors (Lipinski definition) is 2. The van der Waals surface area contributed by atoms with Gasteiger partial charge < -0.3 is 5.32 Å².